The molecule has 2 aliphatic heterocycles. The third-order valence-corrected chi connectivity index (χ3v) is 5.73. The minimum atomic E-state index is -0.281. The van der Waals surface area contributed by atoms with Crippen LogP contribution in [0.15, 0.2) is 47.6 Å². The number of nitrogens with zero attached hydrogens (tertiary/aromatic N) is 4. The lowest BCUT2D eigenvalue weighted by Gasteiger charge is -2.12. The van der Waals surface area contributed by atoms with Crippen LogP contribution in [0.3, 0.4) is 0 Å². The predicted molar refractivity (Wildman–Crippen MR) is 98.3 cm³/mol. The highest BCUT2D eigenvalue weighted by atomic mass is 32.2. The number of thioether (sulfide) groups is 1. The summed E-state index contributed by atoms with van der Waals surface area (Å²) in [6, 6.07) is 13.4. The monoisotopic (exact) mass is 381 g/mol. The Labute approximate surface area is 158 Å². The normalized spacial score (nSPS) is 17.9. The molecule has 2 aliphatic rings. The van der Waals surface area contributed by atoms with Gasteiger partial charge in [0.25, 0.3) is 0 Å². The summed E-state index contributed by atoms with van der Waals surface area (Å²) in [5.74, 6) is 1.31. The molecule has 2 aromatic carbocycles. The van der Waals surface area contributed by atoms with Crippen LogP contribution in [-0.4, -0.2) is 38.2 Å². The van der Waals surface area contributed by atoms with Crippen LogP contribution in [0.25, 0.3) is 5.69 Å². The van der Waals surface area contributed by atoms with Gasteiger partial charge in [-0.2, -0.15) is 4.68 Å². The van der Waals surface area contributed by atoms with E-state index in [0.29, 0.717) is 23.1 Å². The molecule has 0 saturated carbocycles. The molecular formula is C18H15N5O3S. The molecule has 136 valence electrons. The fourth-order valence-corrected chi connectivity index (χ4v) is 4.14. The van der Waals surface area contributed by atoms with Gasteiger partial charge in [-0.15, -0.1) is 5.10 Å². The molecule has 0 radical (unpaired) electrons. The van der Waals surface area contributed by atoms with Crippen LogP contribution < -0.4 is 14.8 Å². The fraction of sp³-hybridized carbons (Fsp3) is 0.222. The number of para-hydroxylation sites is 1. The summed E-state index contributed by atoms with van der Waals surface area (Å²) in [4.78, 5) is 12.7. The van der Waals surface area contributed by atoms with Gasteiger partial charge in [-0.1, -0.05) is 30.0 Å². The molecule has 0 bridgehead atoms. The second kappa shape index (κ2) is 6.58. The van der Waals surface area contributed by atoms with Gasteiger partial charge in [-0.25, -0.2) is 0 Å². The first kappa shape index (κ1) is 16.1. The fourth-order valence-electron chi connectivity index (χ4n) is 3.16. The molecule has 8 nitrogen and oxygen atoms in total. The number of aryl methyl sites for hydroxylation is 1. The van der Waals surface area contributed by atoms with Crippen molar-refractivity contribution in [2.24, 2.45) is 0 Å². The first-order chi connectivity index (χ1) is 13.3. The Kier molecular flexibility index (Phi) is 3.93. The van der Waals surface area contributed by atoms with E-state index in [1.807, 2.05) is 42.5 Å². The Morgan fingerprint density at radius 1 is 1.15 bits per heavy atom. The van der Waals surface area contributed by atoms with Crippen molar-refractivity contribution in [3.05, 3.63) is 48.0 Å². The molecule has 0 aliphatic carbocycles. The van der Waals surface area contributed by atoms with E-state index in [4.69, 9.17) is 9.47 Å². The number of aromatic nitrogens is 4. The van der Waals surface area contributed by atoms with E-state index >= 15 is 0 Å². The summed E-state index contributed by atoms with van der Waals surface area (Å²) < 4.78 is 12.4. The summed E-state index contributed by atoms with van der Waals surface area (Å²) in [6.45, 7) is 0.207. The minimum Gasteiger partial charge on any atom is -0.454 e. The van der Waals surface area contributed by atoms with Crippen LogP contribution in [0.2, 0.25) is 0 Å². The SMILES string of the molecule is O=C1Nc2ccccc2CCC1Sc1nnnn1-c1ccc2c(c1)OCO2. The van der Waals surface area contributed by atoms with Crippen molar-refractivity contribution in [3.8, 4) is 17.2 Å². The molecule has 0 saturated heterocycles. The van der Waals surface area contributed by atoms with Crippen molar-refractivity contribution < 1.29 is 14.3 Å². The Morgan fingerprint density at radius 3 is 3.00 bits per heavy atom. The lowest BCUT2D eigenvalue weighted by Crippen LogP contribution is -2.24. The number of ether oxygens (including phenoxy) is 2. The predicted octanol–water partition coefficient (Wildman–Crippen LogP) is 2.44. The van der Waals surface area contributed by atoms with Gasteiger partial charge in [-0.05, 0) is 47.0 Å². The molecule has 5 rings (SSSR count). The molecule has 1 atom stereocenters. The Hall–Kier alpha value is -3.07. The highest BCUT2D eigenvalue weighted by Crippen LogP contribution is 2.35. The van der Waals surface area contributed by atoms with Crippen LogP contribution >= 0.6 is 11.8 Å². The lowest BCUT2D eigenvalue weighted by molar-refractivity contribution is -0.115. The van der Waals surface area contributed by atoms with E-state index in [1.165, 1.54) is 11.8 Å². The summed E-state index contributed by atoms with van der Waals surface area (Å²) >= 11 is 1.36. The van der Waals surface area contributed by atoms with Gasteiger partial charge in [-0.3, -0.25) is 4.79 Å². The standard InChI is InChI=1S/C18H15N5O3S/c24-17-16(8-5-11-3-1-2-4-13(11)19-17)27-18-20-21-22-23(18)12-6-7-14-15(9-12)26-10-25-14/h1-4,6-7,9,16H,5,8,10H2,(H,19,24). The zero-order chi connectivity index (χ0) is 18.2. The Bertz CT molecular complexity index is 1020. The Balaban J connectivity index is 1.40. The number of benzene rings is 2. The largest absolute Gasteiger partial charge is 0.454 e. The number of tetrazole rings is 1. The number of fused-ring (bicyclic) bond motifs is 2. The first-order valence-corrected chi connectivity index (χ1v) is 9.40. The van der Waals surface area contributed by atoms with Crippen LogP contribution in [-0.2, 0) is 11.2 Å². The van der Waals surface area contributed by atoms with E-state index < -0.39 is 0 Å². The van der Waals surface area contributed by atoms with E-state index in [1.54, 1.807) is 4.68 Å². The van der Waals surface area contributed by atoms with Crippen LogP contribution in [0.4, 0.5) is 5.69 Å². The number of hydrogen-bond acceptors (Lipinski definition) is 7. The highest BCUT2D eigenvalue weighted by Gasteiger charge is 2.27. The maximum atomic E-state index is 12.7. The van der Waals surface area contributed by atoms with Crippen molar-refractivity contribution in [2.75, 3.05) is 12.1 Å². The smallest absolute Gasteiger partial charge is 0.237 e. The number of carbonyl (C=O) groups excluding carboxylic acids is 1. The molecule has 3 aromatic rings. The van der Waals surface area contributed by atoms with Crippen molar-refractivity contribution in [3.63, 3.8) is 0 Å². The maximum Gasteiger partial charge on any atom is 0.237 e. The molecule has 0 spiro atoms. The van der Waals surface area contributed by atoms with Gasteiger partial charge in [0.1, 0.15) is 0 Å². The van der Waals surface area contributed by atoms with E-state index in [-0.39, 0.29) is 18.0 Å². The third kappa shape index (κ3) is 2.99. The van der Waals surface area contributed by atoms with E-state index in [2.05, 4.69) is 20.8 Å². The highest BCUT2D eigenvalue weighted by molar-refractivity contribution is 8.00. The average molecular weight is 381 g/mol. The summed E-state index contributed by atoms with van der Waals surface area (Å²) in [5.41, 5.74) is 2.77. The second-order valence-electron chi connectivity index (χ2n) is 6.20. The Morgan fingerprint density at radius 2 is 2.04 bits per heavy atom. The molecule has 1 N–H and O–H groups in total. The number of hydrogen-bond donors (Lipinski definition) is 1. The zero-order valence-electron chi connectivity index (χ0n) is 14.2. The number of carbonyl (C=O) groups is 1. The molecule has 0 fully saturated rings. The number of amides is 1. The van der Waals surface area contributed by atoms with E-state index in [0.717, 1.165) is 23.4 Å². The third-order valence-electron chi connectivity index (χ3n) is 4.53. The van der Waals surface area contributed by atoms with E-state index in [9.17, 15) is 4.79 Å². The lowest BCUT2D eigenvalue weighted by atomic mass is 10.1. The van der Waals surface area contributed by atoms with Gasteiger partial charge >= 0.3 is 0 Å². The first-order valence-electron chi connectivity index (χ1n) is 8.52. The molecule has 9 heteroatoms. The van der Waals surface area contributed by atoms with Gasteiger partial charge in [0.15, 0.2) is 11.5 Å². The topological polar surface area (TPSA) is 91.2 Å². The number of nitrogens with one attached hydrogen (secondary N) is 1. The molecule has 1 unspecified atom stereocenters. The van der Waals surface area contributed by atoms with Crippen LogP contribution in [0, 0.1) is 0 Å². The minimum absolute atomic E-state index is 0.0369. The summed E-state index contributed by atoms with van der Waals surface area (Å²) in [7, 11) is 0. The summed E-state index contributed by atoms with van der Waals surface area (Å²) in [6.07, 6.45) is 1.53. The van der Waals surface area contributed by atoms with Crippen molar-refractivity contribution in [1.82, 2.24) is 20.2 Å². The maximum absolute atomic E-state index is 12.7. The van der Waals surface area contributed by atoms with Crippen LogP contribution in [0.5, 0.6) is 11.5 Å². The van der Waals surface area contributed by atoms with Crippen LogP contribution in [0.1, 0.15) is 12.0 Å². The quantitative estimate of drug-likeness (QED) is 0.745. The molecular weight excluding hydrogens is 366 g/mol. The number of anilines is 1. The molecule has 1 amide bonds. The molecule has 1 aromatic heterocycles. The summed E-state index contributed by atoms with van der Waals surface area (Å²) in [5, 5.41) is 15.2. The number of rotatable bonds is 3. The van der Waals surface area contributed by atoms with Crippen molar-refractivity contribution in [2.45, 2.75) is 23.2 Å². The van der Waals surface area contributed by atoms with Crippen molar-refractivity contribution in [1.29, 1.82) is 0 Å². The average Bonchev–Trinajstić information content (AvgIpc) is 3.31. The van der Waals surface area contributed by atoms with Gasteiger partial charge in [0.2, 0.25) is 17.9 Å². The van der Waals surface area contributed by atoms with Gasteiger partial charge in [0.05, 0.1) is 10.9 Å². The molecule has 27 heavy (non-hydrogen) atoms. The van der Waals surface area contributed by atoms with Crippen molar-refractivity contribution >= 4 is 23.4 Å². The van der Waals surface area contributed by atoms with Gasteiger partial charge in [0, 0.05) is 11.8 Å². The second-order valence-corrected chi connectivity index (χ2v) is 7.37. The molecule has 3 heterocycles. The zero-order valence-corrected chi connectivity index (χ0v) is 15.0. The van der Waals surface area contributed by atoms with Gasteiger partial charge < -0.3 is 14.8 Å².